The lowest BCUT2D eigenvalue weighted by atomic mass is 9.98. The van der Waals surface area contributed by atoms with Crippen LogP contribution in [0.5, 0.6) is 5.75 Å². The van der Waals surface area contributed by atoms with Gasteiger partial charge in [-0.05, 0) is 62.4 Å². The molecule has 2 rings (SSSR count). The van der Waals surface area contributed by atoms with Crippen LogP contribution in [0.2, 0.25) is 0 Å². The SMILES string of the molecule is CCOC(=O)c1sc(NC(=O)COc2ccc(C(C)C)c(C)c2)c(C(=O)OCC)c1C. The predicted molar refractivity (Wildman–Crippen MR) is 120 cm³/mol. The second-order valence-corrected chi connectivity index (χ2v) is 8.23. The van der Waals surface area contributed by atoms with Gasteiger partial charge in [-0.2, -0.15) is 0 Å². The second kappa shape index (κ2) is 10.9. The summed E-state index contributed by atoms with van der Waals surface area (Å²) < 4.78 is 15.7. The van der Waals surface area contributed by atoms with Gasteiger partial charge < -0.3 is 19.5 Å². The lowest BCUT2D eigenvalue weighted by Gasteiger charge is -2.12. The van der Waals surface area contributed by atoms with E-state index in [9.17, 15) is 14.4 Å². The van der Waals surface area contributed by atoms with Crippen LogP contribution in [0.3, 0.4) is 0 Å². The number of aryl methyl sites for hydroxylation is 1. The zero-order valence-corrected chi connectivity index (χ0v) is 19.6. The number of esters is 2. The van der Waals surface area contributed by atoms with Crippen LogP contribution < -0.4 is 10.1 Å². The first-order valence-corrected chi connectivity index (χ1v) is 11.0. The average molecular weight is 448 g/mol. The van der Waals surface area contributed by atoms with E-state index < -0.39 is 17.8 Å². The number of hydrogen-bond acceptors (Lipinski definition) is 7. The van der Waals surface area contributed by atoms with E-state index in [0.717, 1.165) is 16.9 Å². The number of ether oxygens (including phenoxy) is 3. The Morgan fingerprint density at radius 2 is 1.68 bits per heavy atom. The summed E-state index contributed by atoms with van der Waals surface area (Å²) in [6.45, 7) is 11.4. The van der Waals surface area contributed by atoms with Gasteiger partial charge in [-0.1, -0.05) is 19.9 Å². The normalized spacial score (nSPS) is 10.7. The largest absolute Gasteiger partial charge is 0.484 e. The number of nitrogens with one attached hydrogen (secondary N) is 1. The zero-order valence-electron chi connectivity index (χ0n) is 18.8. The van der Waals surface area contributed by atoms with Crippen molar-refractivity contribution in [2.45, 2.75) is 47.5 Å². The zero-order chi connectivity index (χ0) is 23.1. The highest BCUT2D eigenvalue weighted by Crippen LogP contribution is 2.34. The van der Waals surface area contributed by atoms with Gasteiger partial charge in [-0.15, -0.1) is 11.3 Å². The average Bonchev–Trinajstić information content (AvgIpc) is 3.02. The van der Waals surface area contributed by atoms with E-state index in [1.807, 2.05) is 25.1 Å². The van der Waals surface area contributed by atoms with Crippen molar-refractivity contribution in [3.05, 3.63) is 45.3 Å². The van der Waals surface area contributed by atoms with E-state index in [1.54, 1.807) is 20.8 Å². The van der Waals surface area contributed by atoms with Gasteiger partial charge in [0.05, 0.1) is 18.8 Å². The van der Waals surface area contributed by atoms with Gasteiger partial charge in [0.15, 0.2) is 6.61 Å². The third-order valence-corrected chi connectivity index (χ3v) is 5.76. The Morgan fingerprint density at radius 3 is 2.26 bits per heavy atom. The molecule has 0 unspecified atom stereocenters. The molecule has 1 amide bonds. The molecule has 0 fully saturated rings. The van der Waals surface area contributed by atoms with Crippen molar-refractivity contribution in [1.82, 2.24) is 0 Å². The third-order valence-electron chi connectivity index (χ3n) is 4.57. The first kappa shape index (κ1) is 24.4. The Bertz CT molecular complexity index is 963. The summed E-state index contributed by atoms with van der Waals surface area (Å²) in [6, 6.07) is 5.70. The van der Waals surface area contributed by atoms with Gasteiger partial charge in [-0.25, -0.2) is 9.59 Å². The van der Waals surface area contributed by atoms with Crippen LogP contribution in [0.4, 0.5) is 5.00 Å². The highest BCUT2D eigenvalue weighted by molar-refractivity contribution is 7.18. The van der Waals surface area contributed by atoms with Crippen LogP contribution in [0, 0.1) is 13.8 Å². The minimum absolute atomic E-state index is 0.153. The Morgan fingerprint density at radius 1 is 1.03 bits per heavy atom. The van der Waals surface area contributed by atoms with Crippen molar-refractivity contribution < 1.29 is 28.6 Å². The molecular weight excluding hydrogens is 418 g/mol. The molecular formula is C23H29NO6S. The van der Waals surface area contributed by atoms with Crippen LogP contribution in [0.1, 0.15) is 70.3 Å². The molecule has 0 bridgehead atoms. The van der Waals surface area contributed by atoms with Crippen LogP contribution in [0.15, 0.2) is 18.2 Å². The molecule has 0 saturated carbocycles. The Hall–Kier alpha value is -2.87. The Balaban J connectivity index is 2.17. The van der Waals surface area contributed by atoms with Gasteiger partial charge in [0.1, 0.15) is 15.6 Å². The van der Waals surface area contributed by atoms with Crippen LogP contribution in [-0.2, 0) is 14.3 Å². The molecule has 7 nitrogen and oxygen atoms in total. The fourth-order valence-corrected chi connectivity index (χ4v) is 4.24. The van der Waals surface area contributed by atoms with E-state index >= 15 is 0 Å². The molecule has 1 aromatic carbocycles. The predicted octanol–water partition coefficient (Wildman–Crippen LogP) is 4.86. The molecule has 0 atom stereocenters. The van der Waals surface area contributed by atoms with Crippen LogP contribution in [-0.4, -0.2) is 37.7 Å². The van der Waals surface area contributed by atoms with E-state index in [0.29, 0.717) is 17.2 Å². The number of hydrogen-bond donors (Lipinski definition) is 1. The van der Waals surface area contributed by atoms with Crippen molar-refractivity contribution in [2.24, 2.45) is 0 Å². The van der Waals surface area contributed by atoms with Gasteiger partial charge >= 0.3 is 11.9 Å². The minimum atomic E-state index is -0.608. The van der Waals surface area contributed by atoms with Gasteiger partial charge in [0.25, 0.3) is 5.91 Å². The maximum atomic E-state index is 12.5. The molecule has 0 radical (unpaired) electrons. The molecule has 2 aromatic rings. The topological polar surface area (TPSA) is 90.9 Å². The number of rotatable bonds is 9. The molecule has 0 aliphatic carbocycles. The van der Waals surface area contributed by atoms with Crippen molar-refractivity contribution in [3.8, 4) is 5.75 Å². The summed E-state index contributed by atoms with van der Waals surface area (Å²) >= 11 is 0.983. The molecule has 0 saturated heterocycles. The molecule has 0 aliphatic heterocycles. The maximum Gasteiger partial charge on any atom is 0.348 e. The highest BCUT2D eigenvalue weighted by atomic mass is 32.1. The van der Waals surface area contributed by atoms with E-state index in [4.69, 9.17) is 14.2 Å². The minimum Gasteiger partial charge on any atom is -0.484 e. The quantitative estimate of drug-likeness (QED) is 0.552. The Labute approximate surface area is 186 Å². The molecule has 31 heavy (non-hydrogen) atoms. The molecule has 168 valence electrons. The number of carbonyl (C=O) groups excluding carboxylic acids is 3. The number of thiophene rings is 1. The fourth-order valence-electron chi connectivity index (χ4n) is 3.14. The smallest absolute Gasteiger partial charge is 0.348 e. The standard InChI is InChI=1S/C23H29NO6S/c1-7-28-22(26)19-15(6)20(23(27)29-8-2)31-21(19)24-18(25)12-30-16-9-10-17(13(3)4)14(5)11-16/h9-11,13H,7-8,12H2,1-6H3,(H,24,25). The molecule has 1 aromatic heterocycles. The summed E-state index contributed by atoms with van der Waals surface area (Å²) in [5, 5.41) is 2.90. The highest BCUT2D eigenvalue weighted by Gasteiger charge is 2.27. The first-order valence-electron chi connectivity index (χ1n) is 10.2. The van der Waals surface area contributed by atoms with Gasteiger partial charge in [-0.3, -0.25) is 4.79 Å². The summed E-state index contributed by atoms with van der Waals surface area (Å²) in [4.78, 5) is 37.4. The molecule has 1 heterocycles. The number of amides is 1. The lowest BCUT2D eigenvalue weighted by Crippen LogP contribution is -2.21. The van der Waals surface area contributed by atoms with Crippen molar-refractivity contribution in [2.75, 3.05) is 25.1 Å². The van der Waals surface area contributed by atoms with Crippen molar-refractivity contribution in [1.29, 1.82) is 0 Å². The van der Waals surface area contributed by atoms with Crippen LogP contribution >= 0.6 is 11.3 Å². The summed E-state index contributed by atoms with van der Waals surface area (Å²) in [7, 11) is 0. The fraction of sp³-hybridized carbons (Fsp3) is 0.435. The van der Waals surface area contributed by atoms with Crippen molar-refractivity contribution in [3.63, 3.8) is 0 Å². The van der Waals surface area contributed by atoms with E-state index in [1.165, 1.54) is 5.56 Å². The maximum absolute atomic E-state index is 12.5. The summed E-state index contributed by atoms with van der Waals surface area (Å²) in [6.07, 6.45) is 0. The first-order chi connectivity index (χ1) is 14.7. The van der Waals surface area contributed by atoms with E-state index in [-0.39, 0.29) is 35.3 Å². The molecule has 0 spiro atoms. The van der Waals surface area contributed by atoms with Gasteiger partial charge in [0, 0.05) is 0 Å². The monoisotopic (exact) mass is 447 g/mol. The third kappa shape index (κ3) is 6.07. The number of carbonyl (C=O) groups is 3. The summed E-state index contributed by atoms with van der Waals surface area (Å²) in [5.74, 6) is -0.629. The number of anilines is 1. The number of benzene rings is 1. The molecule has 1 N–H and O–H groups in total. The van der Waals surface area contributed by atoms with Crippen molar-refractivity contribution >= 4 is 34.2 Å². The van der Waals surface area contributed by atoms with Gasteiger partial charge in [0.2, 0.25) is 0 Å². The Kier molecular flexibility index (Phi) is 8.62. The lowest BCUT2D eigenvalue weighted by molar-refractivity contribution is -0.118. The summed E-state index contributed by atoms with van der Waals surface area (Å²) in [5.41, 5.74) is 2.88. The van der Waals surface area contributed by atoms with E-state index in [2.05, 4.69) is 19.2 Å². The van der Waals surface area contributed by atoms with Crippen LogP contribution in [0.25, 0.3) is 0 Å². The second-order valence-electron chi connectivity index (χ2n) is 7.21. The molecule has 0 aliphatic rings. The molecule has 8 heteroatoms.